The summed E-state index contributed by atoms with van der Waals surface area (Å²) >= 11 is 3.26. The minimum absolute atomic E-state index is 0.155. The smallest absolute Gasteiger partial charge is 0.236 e. The van der Waals surface area contributed by atoms with Crippen molar-refractivity contribution in [3.63, 3.8) is 0 Å². The molecule has 1 aromatic carbocycles. The molecule has 84 valence electrons. The van der Waals surface area contributed by atoms with Gasteiger partial charge in [0.15, 0.2) is 0 Å². The number of hydrogen-bond donors (Lipinski definition) is 0. The number of carbonyl (C=O) groups excluding carboxylic acids is 1. The lowest BCUT2D eigenvalue weighted by Crippen LogP contribution is -2.33. The van der Waals surface area contributed by atoms with Gasteiger partial charge < -0.3 is 4.90 Å². The molecule has 0 spiro atoms. The highest BCUT2D eigenvalue weighted by molar-refractivity contribution is 9.11. The van der Waals surface area contributed by atoms with Crippen LogP contribution in [0.5, 0.6) is 0 Å². The number of carbonyl (C=O) groups is 1. The second-order valence-electron chi connectivity index (χ2n) is 4.56. The Kier molecular flexibility index (Phi) is 2.66. The van der Waals surface area contributed by atoms with Crippen LogP contribution in [-0.2, 0) is 10.2 Å². The van der Waals surface area contributed by atoms with Gasteiger partial charge in [0.25, 0.3) is 0 Å². The van der Waals surface area contributed by atoms with Gasteiger partial charge in [0.1, 0.15) is 0 Å². The van der Waals surface area contributed by atoms with E-state index in [1.54, 1.807) is 4.90 Å². The Morgan fingerprint density at radius 3 is 2.69 bits per heavy atom. The number of likely N-dealkylation sites (N-methyl/N-ethyl adjacent to an activating group) is 1. The van der Waals surface area contributed by atoms with Gasteiger partial charge in [0.05, 0.1) is 5.41 Å². The number of fused-ring (bicyclic) bond motifs is 1. The molecule has 3 heteroatoms. The molecule has 0 atom stereocenters. The third-order valence-electron chi connectivity index (χ3n) is 3.15. The highest BCUT2D eigenvalue weighted by Crippen LogP contribution is 2.41. The molecular weight excluding hydrogens is 266 g/mol. The summed E-state index contributed by atoms with van der Waals surface area (Å²) in [5.41, 5.74) is 2.80. The van der Waals surface area contributed by atoms with E-state index in [4.69, 9.17) is 0 Å². The highest BCUT2D eigenvalue weighted by Gasteiger charge is 2.41. The first-order chi connectivity index (χ1) is 7.48. The molecule has 0 N–H and O–H groups in total. The van der Waals surface area contributed by atoms with Crippen molar-refractivity contribution in [1.82, 2.24) is 0 Å². The third kappa shape index (κ3) is 1.50. The Bertz CT molecular complexity index is 477. The summed E-state index contributed by atoms with van der Waals surface area (Å²) in [6, 6.07) is 6.11. The topological polar surface area (TPSA) is 20.3 Å². The van der Waals surface area contributed by atoms with Crippen LogP contribution < -0.4 is 4.90 Å². The van der Waals surface area contributed by atoms with Crippen LogP contribution in [0, 0.1) is 0 Å². The molecule has 0 fully saturated rings. The van der Waals surface area contributed by atoms with Crippen molar-refractivity contribution in [3.05, 3.63) is 34.3 Å². The van der Waals surface area contributed by atoms with Crippen molar-refractivity contribution in [2.24, 2.45) is 0 Å². The fraction of sp³-hybridized carbons (Fsp3) is 0.308. The van der Waals surface area contributed by atoms with E-state index >= 15 is 0 Å². The van der Waals surface area contributed by atoms with E-state index in [1.807, 2.05) is 50.2 Å². The lowest BCUT2D eigenvalue weighted by molar-refractivity contribution is -0.121. The van der Waals surface area contributed by atoms with Gasteiger partial charge in [-0.15, -0.1) is 0 Å². The minimum Gasteiger partial charge on any atom is -0.314 e. The van der Waals surface area contributed by atoms with Gasteiger partial charge >= 0.3 is 0 Å². The van der Waals surface area contributed by atoms with Gasteiger partial charge in [-0.1, -0.05) is 28.1 Å². The Morgan fingerprint density at radius 1 is 1.38 bits per heavy atom. The van der Waals surface area contributed by atoms with E-state index in [2.05, 4.69) is 15.9 Å². The molecule has 1 aliphatic heterocycles. The molecule has 0 bridgehead atoms. The fourth-order valence-corrected chi connectivity index (χ4v) is 2.48. The van der Waals surface area contributed by atoms with E-state index in [0.29, 0.717) is 0 Å². The molecule has 1 aromatic rings. The quantitative estimate of drug-likeness (QED) is 0.773. The summed E-state index contributed by atoms with van der Waals surface area (Å²) in [5.74, 6) is 0.155. The second-order valence-corrected chi connectivity index (χ2v) is 5.09. The zero-order valence-corrected chi connectivity index (χ0v) is 11.2. The molecule has 0 aliphatic carbocycles. The average molecular weight is 280 g/mol. The Balaban J connectivity index is 2.59. The molecule has 0 saturated heterocycles. The van der Waals surface area contributed by atoms with Crippen LogP contribution in [0.1, 0.15) is 25.0 Å². The van der Waals surface area contributed by atoms with Crippen molar-refractivity contribution in [3.8, 4) is 0 Å². The van der Waals surface area contributed by atoms with Gasteiger partial charge in [-0.25, -0.2) is 0 Å². The zero-order valence-electron chi connectivity index (χ0n) is 9.62. The monoisotopic (exact) mass is 279 g/mol. The standard InChI is InChI=1S/C13H14BrNO/c1-13(2)10-5-4-9(6-7-14)8-11(10)15(3)12(13)16/h4-8H,1-3H3. The summed E-state index contributed by atoms with van der Waals surface area (Å²) < 4.78 is 0. The van der Waals surface area contributed by atoms with Gasteiger partial charge in [-0.3, -0.25) is 4.79 Å². The Morgan fingerprint density at radius 2 is 2.06 bits per heavy atom. The first-order valence-corrected chi connectivity index (χ1v) is 6.09. The largest absolute Gasteiger partial charge is 0.314 e. The number of anilines is 1. The van der Waals surface area contributed by atoms with Crippen LogP contribution in [-0.4, -0.2) is 13.0 Å². The van der Waals surface area contributed by atoms with E-state index in [-0.39, 0.29) is 5.91 Å². The van der Waals surface area contributed by atoms with Gasteiger partial charge in [0, 0.05) is 12.7 Å². The van der Waals surface area contributed by atoms with Crippen LogP contribution in [0.3, 0.4) is 0 Å². The molecular formula is C13H14BrNO. The molecule has 2 nitrogen and oxygen atoms in total. The van der Waals surface area contributed by atoms with Crippen molar-refractivity contribution in [2.75, 3.05) is 11.9 Å². The molecule has 0 unspecified atom stereocenters. The molecule has 1 aliphatic rings. The third-order valence-corrected chi connectivity index (χ3v) is 3.42. The molecule has 1 amide bonds. The van der Waals surface area contributed by atoms with Crippen LogP contribution >= 0.6 is 15.9 Å². The normalized spacial score (nSPS) is 18.2. The van der Waals surface area contributed by atoms with Crippen LogP contribution in [0.25, 0.3) is 6.08 Å². The fourth-order valence-electron chi connectivity index (χ4n) is 2.17. The molecule has 1 heterocycles. The Labute approximate surface area is 104 Å². The van der Waals surface area contributed by atoms with Crippen molar-refractivity contribution in [1.29, 1.82) is 0 Å². The SMILES string of the molecule is CN1C(=O)C(C)(C)c2ccc(C=CBr)cc21. The van der Waals surface area contributed by atoms with Crippen molar-refractivity contribution in [2.45, 2.75) is 19.3 Å². The summed E-state index contributed by atoms with van der Waals surface area (Å²) in [5, 5.41) is 0. The van der Waals surface area contributed by atoms with E-state index in [1.165, 1.54) is 0 Å². The van der Waals surface area contributed by atoms with E-state index in [0.717, 1.165) is 16.8 Å². The minimum atomic E-state index is -0.402. The highest BCUT2D eigenvalue weighted by atomic mass is 79.9. The number of benzene rings is 1. The molecule has 16 heavy (non-hydrogen) atoms. The molecule has 2 rings (SSSR count). The van der Waals surface area contributed by atoms with E-state index in [9.17, 15) is 4.79 Å². The molecule has 0 radical (unpaired) electrons. The average Bonchev–Trinajstić information content (AvgIpc) is 2.41. The van der Waals surface area contributed by atoms with Crippen LogP contribution in [0.15, 0.2) is 23.2 Å². The summed E-state index contributed by atoms with van der Waals surface area (Å²) in [4.78, 5) is 15.6. The number of nitrogens with zero attached hydrogens (tertiary/aromatic N) is 1. The predicted octanol–water partition coefficient (Wildman–Crippen LogP) is 3.31. The molecule has 0 saturated carbocycles. The van der Waals surface area contributed by atoms with Gasteiger partial charge in [-0.05, 0) is 42.1 Å². The van der Waals surface area contributed by atoms with Crippen LogP contribution in [0.2, 0.25) is 0 Å². The van der Waals surface area contributed by atoms with Gasteiger partial charge in [-0.2, -0.15) is 0 Å². The maximum absolute atomic E-state index is 12.1. The zero-order chi connectivity index (χ0) is 11.9. The summed E-state index contributed by atoms with van der Waals surface area (Å²) in [6.07, 6.45) is 1.96. The van der Waals surface area contributed by atoms with Crippen molar-refractivity contribution < 1.29 is 4.79 Å². The lowest BCUT2D eigenvalue weighted by Gasteiger charge is -2.16. The lowest BCUT2D eigenvalue weighted by atomic mass is 9.86. The first kappa shape index (κ1) is 11.4. The number of rotatable bonds is 1. The summed E-state index contributed by atoms with van der Waals surface area (Å²) in [7, 11) is 1.83. The molecule has 0 aromatic heterocycles. The van der Waals surface area contributed by atoms with Crippen molar-refractivity contribution >= 4 is 33.6 Å². The first-order valence-electron chi connectivity index (χ1n) is 5.18. The number of amides is 1. The number of hydrogen-bond acceptors (Lipinski definition) is 1. The predicted molar refractivity (Wildman–Crippen MR) is 70.8 cm³/mol. The van der Waals surface area contributed by atoms with E-state index < -0.39 is 5.41 Å². The maximum Gasteiger partial charge on any atom is 0.236 e. The van der Waals surface area contributed by atoms with Crippen LogP contribution in [0.4, 0.5) is 5.69 Å². The maximum atomic E-state index is 12.1. The summed E-state index contributed by atoms with van der Waals surface area (Å²) in [6.45, 7) is 3.94. The number of halogens is 1. The second kappa shape index (κ2) is 3.74. The Hall–Kier alpha value is -1.09. The van der Waals surface area contributed by atoms with Gasteiger partial charge in [0.2, 0.25) is 5.91 Å².